The van der Waals surface area contributed by atoms with Crippen molar-refractivity contribution in [1.82, 2.24) is 0 Å². The molecule has 1 rings (SSSR count). The molecule has 0 heterocycles. The molecule has 0 radical (unpaired) electrons. The van der Waals surface area contributed by atoms with Crippen LogP contribution in [0.5, 0.6) is 0 Å². The van der Waals surface area contributed by atoms with Gasteiger partial charge in [-0.15, -0.1) is 0 Å². The van der Waals surface area contributed by atoms with Crippen molar-refractivity contribution in [2.45, 2.75) is 0 Å². The third-order valence-electron chi connectivity index (χ3n) is 1.37. The second-order valence-electron chi connectivity index (χ2n) is 2.77. The summed E-state index contributed by atoms with van der Waals surface area (Å²) in [5, 5.41) is 3.03. The van der Waals surface area contributed by atoms with Crippen LogP contribution in [-0.4, -0.2) is 27.6 Å². The lowest BCUT2D eigenvalue weighted by Gasteiger charge is -1.94. The number of hydrogen-bond donors (Lipinski definition) is 4. The molecule has 0 aliphatic rings. The number of nitrogens with one attached hydrogen (secondary N) is 1. The van der Waals surface area contributed by atoms with Crippen molar-refractivity contribution >= 4 is 21.3 Å². The van der Waals surface area contributed by atoms with Crippen LogP contribution in [0.1, 0.15) is 0 Å². The summed E-state index contributed by atoms with van der Waals surface area (Å²) in [7, 11) is -5.05. The van der Waals surface area contributed by atoms with Crippen LogP contribution in [0.25, 0.3) is 0 Å². The van der Waals surface area contributed by atoms with Crippen LogP contribution >= 0.6 is 15.6 Å². The molecule has 0 spiro atoms. The average Bonchev–Trinajstić information content (AvgIpc) is 2.16. The zero-order valence-corrected chi connectivity index (χ0v) is 10.4. The highest BCUT2D eigenvalue weighted by Gasteiger charge is 2.27. The standard InChI is InChI=1S/C7H9N.CH4O5P2/c1-8-7-5-3-2-4-6-7;2-7(3)1-8(4,5)6/h2-6,8H,1H3;1H2,(H2-,2,3,4,5,6)/p+1. The van der Waals surface area contributed by atoms with Crippen molar-refractivity contribution in [2.24, 2.45) is 0 Å². The Morgan fingerprint density at radius 3 is 2.00 bits per heavy atom. The summed E-state index contributed by atoms with van der Waals surface area (Å²) in [4.78, 5) is 23.8. The molecule has 4 N–H and O–H groups in total. The van der Waals surface area contributed by atoms with Crippen LogP contribution in [-0.2, 0) is 9.13 Å². The number of anilines is 1. The van der Waals surface area contributed by atoms with E-state index in [0.717, 1.165) is 5.69 Å². The van der Waals surface area contributed by atoms with E-state index in [-0.39, 0.29) is 0 Å². The Morgan fingerprint density at radius 1 is 1.31 bits per heavy atom. The Kier molecular flexibility index (Phi) is 7.13. The summed E-state index contributed by atoms with van der Waals surface area (Å²) in [6, 6.07) is 10.1. The molecule has 16 heavy (non-hydrogen) atoms. The fourth-order valence-corrected chi connectivity index (χ4v) is 2.02. The van der Waals surface area contributed by atoms with E-state index in [0.29, 0.717) is 0 Å². The van der Waals surface area contributed by atoms with Gasteiger partial charge in [0, 0.05) is 12.7 Å². The summed E-state index contributed by atoms with van der Waals surface area (Å²) in [5.41, 5.74) is 1.16. The van der Waals surface area contributed by atoms with Gasteiger partial charge in [0.05, 0.1) is 0 Å². The van der Waals surface area contributed by atoms with E-state index in [2.05, 4.69) is 5.32 Å². The van der Waals surface area contributed by atoms with Gasteiger partial charge in [0.1, 0.15) is 0 Å². The number of hydrogen-bond acceptors (Lipinski definition) is 3. The van der Waals surface area contributed by atoms with Crippen molar-refractivity contribution in [3.05, 3.63) is 30.3 Å². The lowest BCUT2D eigenvalue weighted by Crippen LogP contribution is -1.84. The third kappa shape index (κ3) is 9.77. The topological polar surface area (TPSA) is 107 Å². The molecule has 1 unspecified atom stereocenters. The molecule has 0 aromatic heterocycles. The monoisotopic (exact) mass is 266 g/mol. The number of rotatable bonds is 3. The molecular formula is C8H14NO5P2+. The summed E-state index contributed by atoms with van der Waals surface area (Å²) in [6.07, 6.45) is 0. The maximum absolute atomic E-state index is 9.79. The first-order valence-corrected chi connectivity index (χ1v) is 7.45. The van der Waals surface area contributed by atoms with E-state index in [9.17, 15) is 9.13 Å². The first-order chi connectivity index (χ1) is 7.35. The second kappa shape index (κ2) is 7.49. The average molecular weight is 266 g/mol. The van der Waals surface area contributed by atoms with Crippen molar-refractivity contribution < 1.29 is 23.8 Å². The predicted octanol–water partition coefficient (Wildman–Crippen LogP) is 1.58. The molecule has 1 aromatic carbocycles. The van der Waals surface area contributed by atoms with Gasteiger partial charge in [-0.3, -0.25) is 4.57 Å². The molecule has 0 fully saturated rings. The van der Waals surface area contributed by atoms with Gasteiger partial charge in [-0.05, 0) is 16.7 Å². The fourth-order valence-electron chi connectivity index (χ4n) is 0.762. The molecular weight excluding hydrogens is 252 g/mol. The zero-order chi connectivity index (χ0) is 12.6. The van der Waals surface area contributed by atoms with Gasteiger partial charge < -0.3 is 15.1 Å². The molecule has 0 saturated heterocycles. The van der Waals surface area contributed by atoms with Crippen molar-refractivity contribution in [1.29, 1.82) is 0 Å². The summed E-state index contributed by atoms with van der Waals surface area (Å²) in [6.45, 7) is 0. The van der Waals surface area contributed by atoms with Crippen molar-refractivity contribution in [3.63, 3.8) is 0 Å². The van der Waals surface area contributed by atoms with Gasteiger partial charge in [-0.2, -0.15) is 4.89 Å². The van der Waals surface area contributed by atoms with Crippen LogP contribution in [0.3, 0.4) is 0 Å². The lowest BCUT2D eigenvalue weighted by molar-refractivity contribution is 0.377. The molecule has 0 aliphatic heterocycles. The van der Waals surface area contributed by atoms with E-state index in [1.807, 2.05) is 37.4 Å². The Labute approximate surface area is 94.4 Å². The van der Waals surface area contributed by atoms with E-state index < -0.39 is 21.5 Å². The van der Waals surface area contributed by atoms with Crippen LogP contribution in [0, 0.1) is 0 Å². The Morgan fingerprint density at radius 2 is 1.81 bits per heavy atom. The molecule has 0 bridgehead atoms. The first kappa shape index (κ1) is 15.2. The molecule has 90 valence electrons. The first-order valence-electron chi connectivity index (χ1n) is 4.26. The highest BCUT2D eigenvalue weighted by atomic mass is 31.2. The largest absolute Gasteiger partial charge is 0.518 e. The smallest absolute Gasteiger partial charge is 0.388 e. The molecule has 0 saturated carbocycles. The molecule has 1 atom stereocenters. The Hall–Kier alpha value is -0.770. The minimum Gasteiger partial charge on any atom is -0.388 e. The minimum atomic E-state index is -4.26. The summed E-state index contributed by atoms with van der Waals surface area (Å²) < 4.78 is 19.5. The molecule has 8 heteroatoms. The summed E-state index contributed by atoms with van der Waals surface area (Å²) in [5.74, 6) is -0.942. The molecule has 1 aromatic rings. The maximum Gasteiger partial charge on any atom is 0.518 e. The molecule has 6 nitrogen and oxygen atoms in total. The predicted molar refractivity (Wildman–Crippen MR) is 62.7 cm³/mol. The van der Waals surface area contributed by atoms with Gasteiger partial charge in [-0.25, -0.2) is 0 Å². The quantitative estimate of drug-likeness (QED) is 0.619. The van der Waals surface area contributed by atoms with Crippen LogP contribution in [0.4, 0.5) is 5.69 Å². The summed E-state index contributed by atoms with van der Waals surface area (Å²) >= 11 is 0. The normalized spacial score (nSPS) is 11.1. The lowest BCUT2D eigenvalue weighted by atomic mass is 10.3. The third-order valence-corrected chi connectivity index (χ3v) is 3.81. The molecule has 0 aliphatic carbocycles. The van der Waals surface area contributed by atoms with E-state index >= 15 is 0 Å². The van der Waals surface area contributed by atoms with Gasteiger partial charge in [0.2, 0.25) is 0 Å². The zero-order valence-electron chi connectivity index (χ0n) is 8.65. The van der Waals surface area contributed by atoms with E-state index in [1.165, 1.54) is 0 Å². The SMILES string of the molecule is CNc1ccccc1.O=[P+](O)CP(=O)(O)O. The van der Waals surface area contributed by atoms with E-state index in [1.54, 1.807) is 0 Å². The van der Waals surface area contributed by atoms with Crippen LogP contribution < -0.4 is 5.32 Å². The number of para-hydroxylation sites is 1. The highest BCUT2D eigenvalue weighted by Crippen LogP contribution is 2.42. The minimum absolute atomic E-state index is 0.942. The van der Waals surface area contributed by atoms with Gasteiger partial charge >= 0.3 is 15.6 Å². The highest BCUT2D eigenvalue weighted by molar-refractivity contribution is 7.64. The number of benzene rings is 1. The van der Waals surface area contributed by atoms with Gasteiger partial charge in [0.25, 0.3) is 5.90 Å². The van der Waals surface area contributed by atoms with E-state index in [4.69, 9.17) is 14.7 Å². The van der Waals surface area contributed by atoms with Crippen LogP contribution in [0.15, 0.2) is 30.3 Å². The van der Waals surface area contributed by atoms with Gasteiger partial charge in [0.15, 0.2) is 0 Å². The Balaban J connectivity index is 0.000000281. The Bertz CT molecular complexity index is 364. The second-order valence-corrected chi connectivity index (χ2v) is 5.94. The molecule has 0 amide bonds. The maximum atomic E-state index is 9.79. The van der Waals surface area contributed by atoms with Crippen molar-refractivity contribution in [2.75, 3.05) is 18.3 Å². The fraction of sp³-hybridized carbons (Fsp3) is 0.250. The van der Waals surface area contributed by atoms with Gasteiger partial charge in [-0.1, -0.05) is 18.2 Å². The van der Waals surface area contributed by atoms with Crippen LogP contribution in [0.2, 0.25) is 0 Å². The van der Waals surface area contributed by atoms with Crippen molar-refractivity contribution in [3.8, 4) is 0 Å².